The molecule has 1 aromatic heterocycles. The number of hydrogen-bond donors (Lipinski definition) is 1. The summed E-state index contributed by atoms with van der Waals surface area (Å²) in [5.74, 6) is 2.91. The van der Waals surface area contributed by atoms with Gasteiger partial charge in [-0.25, -0.2) is 9.97 Å². The van der Waals surface area contributed by atoms with Crippen molar-refractivity contribution >= 4 is 16.7 Å². The monoisotopic (exact) mass is 394 g/mol. The van der Waals surface area contributed by atoms with E-state index in [2.05, 4.69) is 9.80 Å². The second kappa shape index (κ2) is 8.63. The first-order valence-corrected chi connectivity index (χ1v) is 9.81. The van der Waals surface area contributed by atoms with E-state index in [0.717, 1.165) is 48.5 Å². The van der Waals surface area contributed by atoms with Gasteiger partial charge in [0.25, 0.3) is 0 Å². The maximum Gasteiger partial charge on any atom is 0.162 e. The van der Waals surface area contributed by atoms with E-state index < -0.39 is 0 Å². The molecule has 29 heavy (non-hydrogen) atoms. The summed E-state index contributed by atoms with van der Waals surface area (Å²) in [5, 5.41) is 10.2. The van der Waals surface area contributed by atoms with Crippen LogP contribution in [-0.2, 0) is 0 Å². The molecule has 1 saturated heterocycles. The lowest BCUT2D eigenvalue weighted by atomic mass is 10.1. The molecule has 0 saturated carbocycles. The minimum Gasteiger partial charge on any atom is -0.493 e. The van der Waals surface area contributed by atoms with Gasteiger partial charge in [-0.15, -0.1) is 0 Å². The number of nitrogens with zero attached hydrogens (tertiary/aromatic N) is 4. The van der Waals surface area contributed by atoms with Gasteiger partial charge in [-0.3, -0.25) is 4.90 Å². The summed E-state index contributed by atoms with van der Waals surface area (Å²) < 4.78 is 11.0. The molecule has 7 heteroatoms. The maximum atomic E-state index is 9.21. The average molecular weight is 394 g/mol. The molecule has 0 spiro atoms. The maximum absolute atomic E-state index is 9.21. The molecule has 4 rings (SSSR count). The zero-order chi connectivity index (χ0) is 20.2. The predicted molar refractivity (Wildman–Crippen MR) is 114 cm³/mol. The van der Waals surface area contributed by atoms with E-state index in [0.29, 0.717) is 23.9 Å². The molecule has 2 heterocycles. The topological polar surface area (TPSA) is 71.0 Å². The van der Waals surface area contributed by atoms with E-state index in [-0.39, 0.29) is 6.61 Å². The third kappa shape index (κ3) is 3.97. The molecular weight excluding hydrogens is 368 g/mol. The summed E-state index contributed by atoms with van der Waals surface area (Å²) in [6.07, 6.45) is 0. The highest BCUT2D eigenvalue weighted by Crippen LogP contribution is 2.36. The number of piperazine rings is 1. The van der Waals surface area contributed by atoms with Crippen LogP contribution in [0.4, 0.5) is 5.82 Å². The standard InChI is InChI=1S/C22H26N4O3/c1-28-19-14-17-18(15-20(19)29-2)23-21(16-6-4-3-5-7-16)24-22(17)26-10-8-25(9-11-26)12-13-27/h3-7,14-15,27H,8-13H2,1-2H3. The zero-order valence-electron chi connectivity index (χ0n) is 16.8. The molecule has 0 amide bonds. The minimum atomic E-state index is 0.186. The summed E-state index contributed by atoms with van der Waals surface area (Å²) in [6.45, 7) is 4.35. The molecule has 0 unspecified atom stereocenters. The van der Waals surface area contributed by atoms with Crippen molar-refractivity contribution in [2.45, 2.75) is 0 Å². The van der Waals surface area contributed by atoms with Gasteiger partial charge in [-0.05, 0) is 6.07 Å². The van der Waals surface area contributed by atoms with Crippen molar-refractivity contribution in [3.8, 4) is 22.9 Å². The molecule has 7 nitrogen and oxygen atoms in total. The largest absolute Gasteiger partial charge is 0.493 e. The number of β-amino-alcohol motifs (C(OH)–C–C–N with tert-alkyl or cyclic N) is 1. The fourth-order valence-corrected chi connectivity index (χ4v) is 3.72. The Morgan fingerprint density at radius 3 is 2.28 bits per heavy atom. The number of methoxy groups -OCH3 is 2. The number of ether oxygens (including phenoxy) is 2. The molecule has 1 fully saturated rings. The first-order valence-electron chi connectivity index (χ1n) is 9.81. The number of rotatable bonds is 6. The molecule has 2 aromatic carbocycles. The van der Waals surface area contributed by atoms with Gasteiger partial charge in [-0.2, -0.15) is 0 Å². The van der Waals surface area contributed by atoms with E-state index in [1.54, 1.807) is 14.2 Å². The lowest BCUT2D eigenvalue weighted by molar-refractivity contribution is 0.188. The van der Waals surface area contributed by atoms with E-state index in [1.165, 1.54) is 0 Å². The Hall–Kier alpha value is -2.90. The van der Waals surface area contributed by atoms with Gasteiger partial charge in [0.2, 0.25) is 0 Å². The third-order valence-electron chi connectivity index (χ3n) is 5.30. The van der Waals surface area contributed by atoms with Crippen LogP contribution in [0.15, 0.2) is 42.5 Å². The quantitative estimate of drug-likeness (QED) is 0.688. The van der Waals surface area contributed by atoms with Gasteiger partial charge < -0.3 is 19.5 Å². The van der Waals surface area contributed by atoms with Gasteiger partial charge in [-0.1, -0.05) is 30.3 Å². The SMILES string of the molecule is COc1cc2nc(-c3ccccc3)nc(N3CCN(CCO)CC3)c2cc1OC. The summed E-state index contributed by atoms with van der Waals surface area (Å²) in [5.41, 5.74) is 1.80. The molecule has 0 atom stereocenters. The van der Waals surface area contributed by atoms with Crippen molar-refractivity contribution in [3.63, 3.8) is 0 Å². The van der Waals surface area contributed by atoms with Crippen molar-refractivity contribution in [1.82, 2.24) is 14.9 Å². The van der Waals surface area contributed by atoms with E-state index in [1.807, 2.05) is 42.5 Å². The summed E-state index contributed by atoms with van der Waals surface area (Å²) in [6, 6.07) is 13.9. The van der Waals surface area contributed by atoms with Gasteiger partial charge in [0.1, 0.15) is 5.82 Å². The summed E-state index contributed by atoms with van der Waals surface area (Å²) in [4.78, 5) is 14.3. The smallest absolute Gasteiger partial charge is 0.162 e. The number of aromatic nitrogens is 2. The Balaban J connectivity index is 1.82. The summed E-state index contributed by atoms with van der Waals surface area (Å²) >= 11 is 0. The first-order chi connectivity index (χ1) is 14.2. The van der Waals surface area contributed by atoms with Crippen LogP contribution in [0.5, 0.6) is 11.5 Å². The van der Waals surface area contributed by atoms with E-state index in [9.17, 15) is 5.11 Å². The lowest BCUT2D eigenvalue weighted by Gasteiger charge is -2.35. The van der Waals surface area contributed by atoms with Crippen molar-refractivity contribution in [2.24, 2.45) is 0 Å². The van der Waals surface area contributed by atoms with Crippen molar-refractivity contribution in [2.75, 3.05) is 58.5 Å². The minimum absolute atomic E-state index is 0.186. The Morgan fingerprint density at radius 1 is 0.931 bits per heavy atom. The average Bonchev–Trinajstić information content (AvgIpc) is 2.78. The number of benzene rings is 2. The number of aliphatic hydroxyl groups is 1. The lowest BCUT2D eigenvalue weighted by Crippen LogP contribution is -2.47. The van der Waals surface area contributed by atoms with Crippen LogP contribution in [0, 0.1) is 0 Å². The normalized spacial score (nSPS) is 14.9. The Morgan fingerprint density at radius 2 is 1.62 bits per heavy atom. The highest BCUT2D eigenvalue weighted by molar-refractivity contribution is 5.93. The number of aliphatic hydroxyl groups excluding tert-OH is 1. The van der Waals surface area contributed by atoms with Crippen LogP contribution in [0.2, 0.25) is 0 Å². The van der Waals surface area contributed by atoms with Gasteiger partial charge in [0.05, 0.1) is 26.3 Å². The highest BCUT2D eigenvalue weighted by atomic mass is 16.5. The van der Waals surface area contributed by atoms with Gasteiger partial charge in [0.15, 0.2) is 17.3 Å². The molecule has 0 bridgehead atoms. The third-order valence-corrected chi connectivity index (χ3v) is 5.30. The molecule has 3 aromatic rings. The van der Waals surface area contributed by atoms with E-state index >= 15 is 0 Å². The van der Waals surface area contributed by atoms with Crippen LogP contribution < -0.4 is 14.4 Å². The highest BCUT2D eigenvalue weighted by Gasteiger charge is 2.22. The van der Waals surface area contributed by atoms with Crippen LogP contribution in [0.1, 0.15) is 0 Å². The fourth-order valence-electron chi connectivity index (χ4n) is 3.72. The van der Waals surface area contributed by atoms with E-state index in [4.69, 9.17) is 19.4 Å². The molecule has 0 aliphatic carbocycles. The van der Waals surface area contributed by atoms with Crippen LogP contribution in [0.3, 0.4) is 0 Å². The van der Waals surface area contributed by atoms with Crippen molar-refractivity contribution < 1.29 is 14.6 Å². The molecular formula is C22H26N4O3. The number of fused-ring (bicyclic) bond motifs is 1. The Bertz CT molecular complexity index is 973. The molecule has 1 N–H and O–H groups in total. The second-order valence-electron chi connectivity index (χ2n) is 7.01. The Labute approximate surface area is 170 Å². The number of hydrogen-bond acceptors (Lipinski definition) is 7. The zero-order valence-corrected chi connectivity index (χ0v) is 16.8. The van der Waals surface area contributed by atoms with Crippen molar-refractivity contribution in [1.29, 1.82) is 0 Å². The second-order valence-corrected chi connectivity index (χ2v) is 7.01. The Kier molecular flexibility index (Phi) is 5.78. The number of anilines is 1. The molecule has 152 valence electrons. The first kappa shape index (κ1) is 19.4. The van der Waals surface area contributed by atoms with Crippen LogP contribution >= 0.6 is 0 Å². The molecule has 1 aliphatic heterocycles. The molecule has 1 aliphatic rings. The van der Waals surface area contributed by atoms with Crippen molar-refractivity contribution in [3.05, 3.63) is 42.5 Å². The summed E-state index contributed by atoms with van der Waals surface area (Å²) in [7, 11) is 3.26. The van der Waals surface area contributed by atoms with Gasteiger partial charge in [0, 0.05) is 49.7 Å². The molecule has 0 radical (unpaired) electrons. The fraction of sp³-hybridized carbons (Fsp3) is 0.364. The van der Waals surface area contributed by atoms with Gasteiger partial charge >= 0.3 is 0 Å². The predicted octanol–water partition coefficient (Wildman–Crippen LogP) is 2.43. The van der Waals surface area contributed by atoms with Crippen LogP contribution in [-0.4, -0.2) is 73.5 Å². The van der Waals surface area contributed by atoms with Crippen LogP contribution in [0.25, 0.3) is 22.3 Å².